The van der Waals surface area contributed by atoms with Crippen molar-refractivity contribution in [2.24, 2.45) is 11.8 Å². The fraction of sp³-hybridized carbons (Fsp3) is 0.500. The molecule has 1 aromatic carbocycles. The molecule has 0 heterocycles. The molecule has 2 unspecified atom stereocenters. The van der Waals surface area contributed by atoms with Gasteiger partial charge in [-0.05, 0) is 30.7 Å². The van der Waals surface area contributed by atoms with E-state index >= 15 is 0 Å². The molecule has 1 fully saturated rings. The molecule has 5 heteroatoms. The molecule has 114 valence electrons. The van der Waals surface area contributed by atoms with Crippen molar-refractivity contribution in [3.63, 3.8) is 0 Å². The molecule has 1 aromatic rings. The molecular formula is C16H20O5. The Balaban J connectivity index is 2.33. The largest absolute Gasteiger partial charge is 0.481 e. The van der Waals surface area contributed by atoms with Crippen LogP contribution in [0.1, 0.15) is 31.2 Å². The van der Waals surface area contributed by atoms with Crippen molar-refractivity contribution in [1.29, 1.82) is 0 Å². The number of carboxylic acid groups (broad SMARTS) is 2. The summed E-state index contributed by atoms with van der Waals surface area (Å²) in [6.07, 6.45) is 2.79. The number of hydrogen-bond donors (Lipinski definition) is 3. The second-order valence-electron chi connectivity index (χ2n) is 5.69. The van der Waals surface area contributed by atoms with E-state index < -0.39 is 29.4 Å². The number of benzene rings is 1. The third-order valence-electron chi connectivity index (χ3n) is 4.43. The molecule has 3 N–H and O–H groups in total. The fourth-order valence-electron chi connectivity index (χ4n) is 3.26. The summed E-state index contributed by atoms with van der Waals surface area (Å²) in [5.74, 6) is -4.55. The first-order valence-electron chi connectivity index (χ1n) is 7.18. The van der Waals surface area contributed by atoms with Crippen molar-refractivity contribution >= 4 is 11.9 Å². The zero-order valence-corrected chi connectivity index (χ0v) is 11.7. The van der Waals surface area contributed by atoms with Crippen LogP contribution in [-0.2, 0) is 16.0 Å². The first-order chi connectivity index (χ1) is 9.96. The highest BCUT2D eigenvalue weighted by atomic mass is 16.4. The minimum absolute atomic E-state index is 0.00940. The van der Waals surface area contributed by atoms with E-state index in [4.69, 9.17) is 0 Å². The first kappa shape index (κ1) is 15.5. The average molecular weight is 292 g/mol. The zero-order valence-electron chi connectivity index (χ0n) is 11.7. The van der Waals surface area contributed by atoms with Gasteiger partial charge in [0.05, 0.1) is 0 Å². The van der Waals surface area contributed by atoms with E-state index in [-0.39, 0.29) is 6.42 Å². The van der Waals surface area contributed by atoms with Crippen LogP contribution in [0.15, 0.2) is 30.3 Å². The van der Waals surface area contributed by atoms with E-state index in [9.17, 15) is 24.9 Å². The number of hydrogen-bond acceptors (Lipinski definition) is 3. The maximum absolute atomic E-state index is 11.6. The van der Waals surface area contributed by atoms with Crippen molar-refractivity contribution in [3.8, 4) is 0 Å². The van der Waals surface area contributed by atoms with Crippen LogP contribution in [0.4, 0.5) is 0 Å². The second kappa shape index (κ2) is 6.26. The van der Waals surface area contributed by atoms with Gasteiger partial charge in [0.15, 0.2) is 5.60 Å². The maximum Gasteiger partial charge on any atom is 0.336 e. The highest BCUT2D eigenvalue weighted by Gasteiger charge is 2.54. The molecule has 0 amide bonds. The summed E-state index contributed by atoms with van der Waals surface area (Å²) in [6, 6.07) is 8.83. The van der Waals surface area contributed by atoms with Gasteiger partial charge in [-0.1, -0.05) is 43.2 Å². The van der Waals surface area contributed by atoms with Gasteiger partial charge in [-0.2, -0.15) is 0 Å². The van der Waals surface area contributed by atoms with Gasteiger partial charge in [-0.15, -0.1) is 0 Å². The number of rotatable bonds is 6. The van der Waals surface area contributed by atoms with E-state index in [2.05, 4.69) is 0 Å². The Labute approximate surface area is 123 Å². The molecule has 0 aromatic heterocycles. The predicted molar refractivity (Wildman–Crippen MR) is 75.8 cm³/mol. The van der Waals surface area contributed by atoms with Crippen LogP contribution in [0.2, 0.25) is 0 Å². The number of aliphatic carboxylic acids is 2. The number of carboxylic acids is 2. The van der Waals surface area contributed by atoms with Gasteiger partial charge in [-0.25, -0.2) is 4.79 Å². The smallest absolute Gasteiger partial charge is 0.336 e. The summed E-state index contributed by atoms with van der Waals surface area (Å²) >= 11 is 0. The molecule has 0 bridgehead atoms. The molecule has 21 heavy (non-hydrogen) atoms. The Hall–Kier alpha value is -1.88. The van der Waals surface area contributed by atoms with Crippen LogP contribution in [0, 0.1) is 11.8 Å². The highest BCUT2D eigenvalue weighted by molar-refractivity contribution is 5.86. The van der Waals surface area contributed by atoms with Gasteiger partial charge < -0.3 is 15.3 Å². The summed E-state index contributed by atoms with van der Waals surface area (Å²) < 4.78 is 0. The van der Waals surface area contributed by atoms with E-state index in [0.29, 0.717) is 18.4 Å². The zero-order chi connectivity index (χ0) is 15.5. The van der Waals surface area contributed by atoms with Crippen molar-refractivity contribution in [2.75, 3.05) is 0 Å². The van der Waals surface area contributed by atoms with E-state index in [1.165, 1.54) is 0 Å². The number of aliphatic hydroxyl groups is 1. The number of carbonyl (C=O) groups is 2. The monoisotopic (exact) mass is 292 g/mol. The molecule has 0 spiro atoms. The Morgan fingerprint density at radius 3 is 2.19 bits per heavy atom. The van der Waals surface area contributed by atoms with Crippen LogP contribution in [0.25, 0.3) is 0 Å². The minimum Gasteiger partial charge on any atom is -0.481 e. The fourth-order valence-corrected chi connectivity index (χ4v) is 3.26. The molecule has 1 saturated carbocycles. The summed E-state index contributed by atoms with van der Waals surface area (Å²) in [7, 11) is 0. The standard InChI is InChI=1S/C16H20O5/c17-14(18)13(10-11-6-2-1-3-7-11)16(21,15(19)20)12-8-4-5-9-12/h1-3,6-7,12-13,21H,4-5,8-10H2,(H,17,18)(H,19,20). The van der Waals surface area contributed by atoms with E-state index in [1.807, 2.05) is 0 Å². The lowest BCUT2D eigenvalue weighted by atomic mass is 9.73. The summed E-state index contributed by atoms with van der Waals surface area (Å²) in [5.41, 5.74) is -1.50. The van der Waals surface area contributed by atoms with Crippen LogP contribution in [-0.4, -0.2) is 32.9 Å². The Kier molecular flexibility index (Phi) is 4.63. The lowest BCUT2D eigenvalue weighted by molar-refractivity contribution is -0.182. The predicted octanol–water partition coefficient (Wildman–Crippen LogP) is 1.94. The normalized spacial score (nSPS) is 19.9. The van der Waals surface area contributed by atoms with Crippen LogP contribution >= 0.6 is 0 Å². The van der Waals surface area contributed by atoms with Crippen LogP contribution < -0.4 is 0 Å². The molecule has 2 atom stereocenters. The molecule has 0 saturated heterocycles. The van der Waals surface area contributed by atoms with Crippen LogP contribution in [0.3, 0.4) is 0 Å². The lowest BCUT2D eigenvalue weighted by Crippen LogP contribution is -2.54. The SMILES string of the molecule is O=C(O)C(Cc1ccccc1)C(O)(C(=O)O)C1CCCC1. The maximum atomic E-state index is 11.6. The molecule has 1 aliphatic rings. The molecule has 0 radical (unpaired) electrons. The minimum atomic E-state index is -2.21. The van der Waals surface area contributed by atoms with Crippen molar-refractivity contribution in [1.82, 2.24) is 0 Å². The Bertz CT molecular complexity index is 507. The molecule has 2 rings (SSSR count). The summed E-state index contributed by atoms with van der Waals surface area (Å²) in [5, 5.41) is 29.6. The van der Waals surface area contributed by atoms with Gasteiger partial charge in [0.2, 0.25) is 0 Å². The average Bonchev–Trinajstić information content (AvgIpc) is 2.99. The van der Waals surface area contributed by atoms with Gasteiger partial charge in [0, 0.05) is 0 Å². The molecule has 5 nitrogen and oxygen atoms in total. The third kappa shape index (κ3) is 3.08. The first-order valence-corrected chi connectivity index (χ1v) is 7.18. The third-order valence-corrected chi connectivity index (χ3v) is 4.43. The van der Waals surface area contributed by atoms with Crippen molar-refractivity contribution in [2.45, 2.75) is 37.7 Å². The summed E-state index contributed by atoms with van der Waals surface area (Å²) in [4.78, 5) is 23.2. The van der Waals surface area contributed by atoms with Gasteiger partial charge in [0.25, 0.3) is 0 Å². The van der Waals surface area contributed by atoms with Gasteiger partial charge >= 0.3 is 11.9 Å². The van der Waals surface area contributed by atoms with Gasteiger partial charge in [-0.3, -0.25) is 4.79 Å². The van der Waals surface area contributed by atoms with Gasteiger partial charge in [0.1, 0.15) is 5.92 Å². The second-order valence-corrected chi connectivity index (χ2v) is 5.69. The summed E-state index contributed by atoms with van der Waals surface area (Å²) in [6.45, 7) is 0. The van der Waals surface area contributed by atoms with Crippen molar-refractivity contribution in [3.05, 3.63) is 35.9 Å². The molecule has 1 aliphatic carbocycles. The van der Waals surface area contributed by atoms with Crippen LogP contribution in [0.5, 0.6) is 0 Å². The lowest BCUT2D eigenvalue weighted by Gasteiger charge is -2.35. The quantitative estimate of drug-likeness (QED) is 0.744. The van der Waals surface area contributed by atoms with E-state index in [1.54, 1.807) is 30.3 Å². The van der Waals surface area contributed by atoms with Crippen molar-refractivity contribution < 1.29 is 24.9 Å². The molecule has 0 aliphatic heterocycles. The highest BCUT2D eigenvalue weighted by Crippen LogP contribution is 2.40. The Morgan fingerprint density at radius 2 is 1.71 bits per heavy atom. The topological polar surface area (TPSA) is 94.8 Å². The Morgan fingerprint density at radius 1 is 1.14 bits per heavy atom. The molecular weight excluding hydrogens is 272 g/mol. The van der Waals surface area contributed by atoms with E-state index in [0.717, 1.165) is 12.8 Å².